The summed E-state index contributed by atoms with van der Waals surface area (Å²) in [6, 6.07) is 10.2. The van der Waals surface area contributed by atoms with Gasteiger partial charge in [-0.25, -0.2) is 9.78 Å². The predicted molar refractivity (Wildman–Crippen MR) is 103 cm³/mol. The highest BCUT2D eigenvalue weighted by molar-refractivity contribution is 8.00. The molecule has 0 fully saturated rings. The van der Waals surface area contributed by atoms with Crippen LogP contribution >= 0.6 is 11.8 Å². The van der Waals surface area contributed by atoms with Gasteiger partial charge in [-0.05, 0) is 55.5 Å². The SMILES string of the molecule is N#Cc1cc2c(nc1SCC(=O)Nc1cccc(C(=O)O)c1)CCCCC2. The molecule has 1 aliphatic carbocycles. The van der Waals surface area contributed by atoms with Crippen molar-refractivity contribution in [3.8, 4) is 6.07 Å². The van der Waals surface area contributed by atoms with Gasteiger partial charge in [-0.2, -0.15) is 5.26 Å². The van der Waals surface area contributed by atoms with Crippen LogP contribution in [0.15, 0.2) is 35.4 Å². The number of aryl methyl sites for hydroxylation is 2. The first-order chi connectivity index (χ1) is 13.1. The Kier molecular flexibility index (Phi) is 6.09. The Labute approximate surface area is 161 Å². The topological polar surface area (TPSA) is 103 Å². The maximum atomic E-state index is 12.2. The van der Waals surface area contributed by atoms with Gasteiger partial charge in [-0.1, -0.05) is 24.2 Å². The molecule has 3 rings (SSSR count). The third-order valence-electron chi connectivity index (χ3n) is 4.37. The zero-order valence-electron chi connectivity index (χ0n) is 14.7. The second kappa shape index (κ2) is 8.69. The fourth-order valence-electron chi connectivity index (χ4n) is 3.04. The number of carboxylic acids is 1. The molecule has 7 heteroatoms. The number of rotatable bonds is 5. The summed E-state index contributed by atoms with van der Waals surface area (Å²) in [5.41, 5.74) is 3.21. The van der Waals surface area contributed by atoms with E-state index in [1.807, 2.05) is 6.07 Å². The fraction of sp³-hybridized carbons (Fsp3) is 0.300. The van der Waals surface area contributed by atoms with Crippen LogP contribution in [0, 0.1) is 11.3 Å². The molecular formula is C20H19N3O3S. The lowest BCUT2D eigenvalue weighted by Gasteiger charge is -2.10. The van der Waals surface area contributed by atoms with E-state index in [0.717, 1.165) is 36.9 Å². The average Bonchev–Trinajstić information content (AvgIpc) is 2.90. The first-order valence-electron chi connectivity index (χ1n) is 8.75. The van der Waals surface area contributed by atoms with E-state index in [1.54, 1.807) is 12.1 Å². The quantitative estimate of drug-likeness (QED) is 0.605. The molecule has 0 saturated carbocycles. The number of amides is 1. The van der Waals surface area contributed by atoms with Crippen molar-refractivity contribution in [3.05, 3.63) is 52.7 Å². The van der Waals surface area contributed by atoms with E-state index in [4.69, 9.17) is 5.11 Å². The molecule has 1 aromatic carbocycles. The number of nitriles is 1. The van der Waals surface area contributed by atoms with E-state index in [9.17, 15) is 14.9 Å². The molecular weight excluding hydrogens is 362 g/mol. The first kappa shape index (κ1) is 18.9. The molecule has 0 spiro atoms. The van der Waals surface area contributed by atoms with Gasteiger partial charge in [0.1, 0.15) is 11.1 Å². The lowest BCUT2D eigenvalue weighted by molar-refractivity contribution is -0.113. The molecule has 0 aliphatic heterocycles. The number of aromatic nitrogens is 1. The number of carbonyl (C=O) groups is 2. The maximum absolute atomic E-state index is 12.2. The van der Waals surface area contributed by atoms with Crippen molar-refractivity contribution in [2.24, 2.45) is 0 Å². The van der Waals surface area contributed by atoms with Crippen LogP contribution in [0.2, 0.25) is 0 Å². The molecule has 0 unspecified atom stereocenters. The Bertz CT molecular complexity index is 921. The monoisotopic (exact) mass is 381 g/mol. The van der Waals surface area contributed by atoms with Gasteiger partial charge in [0.05, 0.1) is 16.9 Å². The summed E-state index contributed by atoms with van der Waals surface area (Å²) >= 11 is 1.23. The molecule has 1 heterocycles. The molecule has 0 atom stereocenters. The number of carbonyl (C=O) groups excluding carboxylic acids is 1. The third-order valence-corrected chi connectivity index (χ3v) is 5.36. The summed E-state index contributed by atoms with van der Waals surface area (Å²) in [6.07, 6.45) is 5.23. The predicted octanol–water partition coefficient (Wildman–Crippen LogP) is 3.65. The third kappa shape index (κ3) is 4.86. The second-order valence-corrected chi connectivity index (χ2v) is 7.31. The van der Waals surface area contributed by atoms with Crippen LogP contribution < -0.4 is 5.32 Å². The Morgan fingerprint density at radius 1 is 1.22 bits per heavy atom. The number of anilines is 1. The van der Waals surface area contributed by atoms with Gasteiger partial charge in [-0.3, -0.25) is 4.79 Å². The van der Waals surface area contributed by atoms with Crippen LogP contribution in [0.5, 0.6) is 0 Å². The molecule has 27 heavy (non-hydrogen) atoms. The van der Waals surface area contributed by atoms with Crippen LogP contribution in [-0.2, 0) is 17.6 Å². The number of nitrogens with zero attached hydrogens (tertiary/aromatic N) is 2. The van der Waals surface area contributed by atoms with Gasteiger partial charge in [0.15, 0.2) is 0 Å². The van der Waals surface area contributed by atoms with Crippen LogP contribution in [-0.4, -0.2) is 27.7 Å². The summed E-state index contributed by atoms with van der Waals surface area (Å²) in [7, 11) is 0. The lowest BCUT2D eigenvalue weighted by Crippen LogP contribution is -2.15. The van der Waals surface area contributed by atoms with Crippen LogP contribution in [0.3, 0.4) is 0 Å². The zero-order chi connectivity index (χ0) is 19.2. The summed E-state index contributed by atoms with van der Waals surface area (Å²) in [5, 5.41) is 21.7. The minimum Gasteiger partial charge on any atom is -0.478 e. The normalized spacial score (nSPS) is 13.1. The Morgan fingerprint density at radius 3 is 2.81 bits per heavy atom. The molecule has 0 saturated heterocycles. The number of aromatic carboxylic acids is 1. The number of nitrogens with one attached hydrogen (secondary N) is 1. The van der Waals surface area contributed by atoms with E-state index in [2.05, 4.69) is 16.4 Å². The van der Waals surface area contributed by atoms with Crippen molar-refractivity contribution in [3.63, 3.8) is 0 Å². The van der Waals surface area contributed by atoms with E-state index >= 15 is 0 Å². The van der Waals surface area contributed by atoms with Crippen molar-refractivity contribution in [1.82, 2.24) is 4.98 Å². The average molecular weight is 381 g/mol. The standard InChI is InChI=1S/C20H19N3O3S/c21-11-15-9-13-5-2-1-3-8-17(13)23-19(15)27-12-18(24)22-16-7-4-6-14(10-16)20(25)26/h4,6-7,9-10H,1-3,5,8,12H2,(H,22,24)(H,25,26). The van der Waals surface area contributed by atoms with Gasteiger partial charge >= 0.3 is 5.97 Å². The van der Waals surface area contributed by atoms with Crippen LogP contribution in [0.4, 0.5) is 5.69 Å². The number of carboxylic acid groups (broad SMARTS) is 1. The van der Waals surface area contributed by atoms with E-state index in [1.165, 1.54) is 30.3 Å². The number of benzene rings is 1. The molecule has 1 amide bonds. The summed E-state index contributed by atoms with van der Waals surface area (Å²) in [5.74, 6) is -1.23. The second-order valence-electron chi connectivity index (χ2n) is 6.34. The molecule has 0 radical (unpaired) electrons. The summed E-state index contributed by atoms with van der Waals surface area (Å²) < 4.78 is 0. The molecule has 2 N–H and O–H groups in total. The fourth-order valence-corrected chi connectivity index (χ4v) is 3.82. The molecule has 138 valence electrons. The van der Waals surface area contributed by atoms with E-state index in [-0.39, 0.29) is 17.2 Å². The number of hydrogen-bond acceptors (Lipinski definition) is 5. The molecule has 0 bridgehead atoms. The van der Waals surface area contributed by atoms with Crippen molar-refractivity contribution < 1.29 is 14.7 Å². The Morgan fingerprint density at radius 2 is 2.04 bits per heavy atom. The number of pyridine rings is 1. The summed E-state index contributed by atoms with van der Waals surface area (Å²) in [4.78, 5) is 27.9. The number of fused-ring (bicyclic) bond motifs is 1. The van der Waals surface area contributed by atoms with Gasteiger partial charge in [0.2, 0.25) is 5.91 Å². The molecule has 1 aromatic heterocycles. The minimum absolute atomic E-state index is 0.0950. The highest BCUT2D eigenvalue weighted by Crippen LogP contribution is 2.27. The van der Waals surface area contributed by atoms with Gasteiger partial charge in [0.25, 0.3) is 0 Å². The largest absolute Gasteiger partial charge is 0.478 e. The minimum atomic E-state index is -1.05. The Hall–Kier alpha value is -2.85. The van der Waals surface area contributed by atoms with Crippen LogP contribution in [0.1, 0.15) is 46.4 Å². The molecule has 2 aromatic rings. The lowest BCUT2D eigenvalue weighted by atomic mass is 10.1. The van der Waals surface area contributed by atoms with Crippen molar-refractivity contribution in [2.75, 3.05) is 11.1 Å². The maximum Gasteiger partial charge on any atom is 0.335 e. The van der Waals surface area contributed by atoms with Crippen molar-refractivity contribution in [2.45, 2.75) is 37.1 Å². The smallest absolute Gasteiger partial charge is 0.335 e. The highest BCUT2D eigenvalue weighted by atomic mass is 32.2. The van der Waals surface area contributed by atoms with Gasteiger partial charge in [-0.15, -0.1) is 0 Å². The van der Waals surface area contributed by atoms with Gasteiger partial charge in [0, 0.05) is 11.4 Å². The number of thioether (sulfide) groups is 1. The summed E-state index contributed by atoms with van der Waals surface area (Å²) in [6.45, 7) is 0. The first-order valence-corrected chi connectivity index (χ1v) is 9.74. The zero-order valence-corrected chi connectivity index (χ0v) is 15.5. The molecule has 6 nitrogen and oxygen atoms in total. The Balaban J connectivity index is 1.68. The van der Waals surface area contributed by atoms with Crippen molar-refractivity contribution >= 4 is 29.3 Å². The van der Waals surface area contributed by atoms with Crippen LogP contribution in [0.25, 0.3) is 0 Å². The number of hydrogen-bond donors (Lipinski definition) is 2. The highest BCUT2D eigenvalue weighted by Gasteiger charge is 2.16. The van der Waals surface area contributed by atoms with E-state index in [0.29, 0.717) is 16.3 Å². The van der Waals surface area contributed by atoms with Gasteiger partial charge < -0.3 is 10.4 Å². The van der Waals surface area contributed by atoms with Crippen molar-refractivity contribution in [1.29, 1.82) is 5.26 Å². The van der Waals surface area contributed by atoms with E-state index < -0.39 is 5.97 Å². The molecule has 1 aliphatic rings.